The number of hydrogen-bond donors (Lipinski definition) is 1. The van der Waals surface area contributed by atoms with Crippen molar-refractivity contribution in [3.63, 3.8) is 0 Å². The number of para-hydroxylation sites is 1. The molecule has 4 rings (SSSR count). The van der Waals surface area contributed by atoms with Crippen molar-refractivity contribution in [2.75, 3.05) is 6.54 Å². The van der Waals surface area contributed by atoms with Gasteiger partial charge in [-0.25, -0.2) is 13.4 Å². The van der Waals surface area contributed by atoms with Crippen LogP contribution in [-0.4, -0.2) is 31.4 Å². The highest BCUT2D eigenvalue weighted by atomic mass is 32.2. The van der Waals surface area contributed by atoms with Crippen LogP contribution in [0.1, 0.15) is 25.8 Å². The van der Waals surface area contributed by atoms with Gasteiger partial charge in [0.05, 0.1) is 10.1 Å². The molecule has 5 heteroatoms. The first-order valence-electron chi connectivity index (χ1n) is 9.33. The summed E-state index contributed by atoms with van der Waals surface area (Å²) in [5, 5.41) is 2.32. The Labute approximate surface area is 160 Å². The number of hydrogen-bond acceptors (Lipinski definition) is 2. The third-order valence-electron chi connectivity index (χ3n) is 5.37. The van der Waals surface area contributed by atoms with E-state index in [0.29, 0.717) is 11.4 Å². The van der Waals surface area contributed by atoms with E-state index in [4.69, 9.17) is 0 Å². The quantitative estimate of drug-likeness (QED) is 0.794. The standard InChI is InChI=1S/C22H24N2O2S/c1-15(2)14-21-22-19(18-6-4-5-7-20(18)23-22)12-13-24(21)27(25,26)17-10-8-16(3)9-11-17/h4-11,14,21-22H,12-13H2,1-3H3/p+1. The van der Waals surface area contributed by atoms with E-state index in [1.807, 2.05) is 45.0 Å². The summed E-state index contributed by atoms with van der Waals surface area (Å²) in [5.41, 5.74) is 3.48. The second-order valence-electron chi connectivity index (χ2n) is 7.61. The zero-order chi connectivity index (χ0) is 19.2. The van der Waals surface area contributed by atoms with Crippen LogP contribution < -0.4 is 15.6 Å². The molecule has 4 nitrogen and oxygen atoms in total. The Bertz CT molecular complexity index is 1130. The Morgan fingerprint density at radius 1 is 1.11 bits per heavy atom. The maximum atomic E-state index is 13.4. The number of nitrogens with zero attached hydrogens (tertiary/aromatic N) is 1. The lowest BCUT2D eigenvalue weighted by Crippen LogP contribution is -2.86. The van der Waals surface area contributed by atoms with E-state index in [1.165, 1.54) is 10.8 Å². The lowest BCUT2D eigenvalue weighted by atomic mass is 9.92. The number of nitrogens with one attached hydrogen (secondary N) is 1. The molecule has 2 aromatic rings. The first-order valence-corrected chi connectivity index (χ1v) is 10.8. The Balaban J connectivity index is 1.82. The molecular formula is C22H25N2O2S+. The number of aryl methyl sites for hydroxylation is 1. The van der Waals surface area contributed by atoms with Gasteiger partial charge in [-0.1, -0.05) is 41.5 Å². The van der Waals surface area contributed by atoms with E-state index in [1.54, 1.807) is 16.4 Å². The van der Waals surface area contributed by atoms with E-state index in [2.05, 4.69) is 23.2 Å². The van der Waals surface area contributed by atoms with Crippen molar-refractivity contribution >= 4 is 15.6 Å². The molecule has 0 radical (unpaired) electrons. The van der Waals surface area contributed by atoms with E-state index in [-0.39, 0.29) is 12.1 Å². The topological polar surface area (TPSA) is 51.4 Å². The maximum Gasteiger partial charge on any atom is 0.243 e. The summed E-state index contributed by atoms with van der Waals surface area (Å²) in [7, 11) is -3.56. The van der Waals surface area contributed by atoms with Crippen molar-refractivity contribution in [1.82, 2.24) is 4.31 Å². The van der Waals surface area contributed by atoms with Gasteiger partial charge in [0.1, 0.15) is 6.04 Å². The van der Waals surface area contributed by atoms with Gasteiger partial charge in [0, 0.05) is 18.2 Å². The summed E-state index contributed by atoms with van der Waals surface area (Å²) < 4.78 is 28.5. The fourth-order valence-electron chi connectivity index (χ4n) is 4.09. The van der Waals surface area contributed by atoms with Gasteiger partial charge in [0.2, 0.25) is 15.4 Å². The minimum Gasteiger partial charge on any atom is -0.233 e. The van der Waals surface area contributed by atoms with Crippen molar-refractivity contribution in [3.05, 3.63) is 76.3 Å². The molecule has 1 saturated heterocycles. The van der Waals surface area contributed by atoms with E-state index < -0.39 is 10.0 Å². The zero-order valence-electron chi connectivity index (χ0n) is 15.9. The zero-order valence-corrected chi connectivity index (χ0v) is 16.8. The average molecular weight is 382 g/mol. The van der Waals surface area contributed by atoms with Gasteiger partial charge in [-0.3, -0.25) is 0 Å². The van der Waals surface area contributed by atoms with Gasteiger partial charge < -0.3 is 0 Å². The molecule has 1 N–H and O–H groups in total. The smallest absolute Gasteiger partial charge is 0.233 e. The van der Waals surface area contributed by atoms with Crippen LogP contribution in [0.2, 0.25) is 0 Å². The van der Waals surface area contributed by atoms with Crippen LogP contribution in [0.15, 0.2) is 65.1 Å². The fraction of sp³-hybridized carbons (Fsp3) is 0.318. The molecule has 2 aliphatic heterocycles. The largest absolute Gasteiger partial charge is 0.243 e. The third kappa shape index (κ3) is 3.15. The molecule has 27 heavy (non-hydrogen) atoms. The molecule has 2 aliphatic rings. The first-order chi connectivity index (χ1) is 12.9. The van der Waals surface area contributed by atoms with Gasteiger partial charge in [0.25, 0.3) is 0 Å². The highest BCUT2D eigenvalue weighted by Gasteiger charge is 2.45. The van der Waals surface area contributed by atoms with Gasteiger partial charge in [0.15, 0.2) is 6.04 Å². The fourth-order valence-corrected chi connectivity index (χ4v) is 5.67. The van der Waals surface area contributed by atoms with E-state index in [0.717, 1.165) is 22.9 Å². The molecule has 0 aromatic heterocycles. The summed E-state index contributed by atoms with van der Waals surface area (Å²) in [5.74, 6) is 0. The number of fused-ring (bicyclic) bond motifs is 2. The van der Waals surface area contributed by atoms with E-state index >= 15 is 0 Å². The normalized spacial score (nSPS) is 22.0. The van der Waals surface area contributed by atoms with Gasteiger partial charge in [-0.2, -0.15) is 4.31 Å². The van der Waals surface area contributed by atoms with Gasteiger partial charge in [-0.15, -0.1) is 0 Å². The Kier molecular flexibility index (Phi) is 4.52. The molecular weight excluding hydrogens is 356 g/mol. The second kappa shape index (κ2) is 6.73. The summed E-state index contributed by atoms with van der Waals surface area (Å²) in [6.45, 7) is 6.50. The minimum absolute atomic E-state index is 0.0220. The minimum atomic E-state index is -3.56. The van der Waals surface area contributed by atoms with Crippen molar-refractivity contribution in [3.8, 4) is 0 Å². The molecule has 2 unspecified atom stereocenters. The third-order valence-corrected chi connectivity index (χ3v) is 7.28. The molecule has 2 heterocycles. The molecule has 0 bridgehead atoms. The van der Waals surface area contributed by atoms with Crippen LogP contribution in [0.4, 0.5) is 0 Å². The van der Waals surface area contributed by atoms with Crippen LogP contribution in [0.3, 0.4) is 0 Å². The maximum absolute atomic E-state index is 13.4. The van der Waals surface area contributed by atoms with Crippen LogP contribution in [-0.2, 0) is 10.0 Å². The Hall–Kier alpha value is -2.24. The Morgan fingerprint density at radius 3 is 2.52 bits per heavy atom. The summed E-state index contributed by atoms with van der Waals surface area (Å²) in [4.78, 5) is 3.93. The summed E-state index contributed by atoms with van der Waals surface area (Å²) in [6, 6.07) is 15.1. The molecule has 1 fully saturated rings. The monoisotopic (exact) mass is 381 g/mol. The van der Waals surface area contributed by atoms with Gasteiger partial charge in [-0.05, 0) is 45.4 Å². The molecule has 0 saturated carbocycles. The average Bonchev–Trinajstić information content (AvgIpc) is 3.01. The van der Waals surface area contributed by atoms with E-state index in [9.17, 15) is 8.42 Å². The van der Waals surface area contributed by atoms with Crippen LogP contribution in [0.5, 0.6) is 0 Å². The number of piperidine rings is 1. The molecule has 2 atom stereocenters. The molecule has 0 amide bonds. The number of allylic oxidation sites excluding steroid dienone is 1. The molecule has 2 aromatic carbocycles. The first kappa shape index (κ1) is 18.1. The lowest BCUT2D eigenvalue weighted by Gasteiger charge is -2.35. The van der Waals surface area contributed by atoms with Crippen LogP contribution >= 0.6 is 0 Å². The molecule has 0 spiro atoms. The van der Waals surface area contributed by atoms with Crippen molar-refractivity contribution in [2.45, 2.75) is 44.2 Å². The number of benzene rings is 2. The van der Waals surface area contributed by atoms with Crippen LogP contribution in [0, 0.1) is 6.92 Å². The summed E-state index contributed by atoms with van der Waals surface area (Å²) >= 11 is 0. The van der Waals surface area contributed by atoms with Crippen molar-refractivity contribution in [1.29, 1.82) is 0 Å². The highest BCUT2D eigenvalue weighted by molar-refractivity contribution is 7.89. The van der Waals surface area contributed by atoms with Gasteiger partial charge >= 0.3 is 0 Å². The van der Waals surface area contributed by atoms with Crippen LogP contribution in [0.25, 0.3) is 5.57 Å². The Morgan fingerprint density at radius 2 is 1.81 bits per heavy atom. The molecule has 0 aliphatic carbocycles. The summed E-state index contributed by atoms with van der Waals surface area (Å²) in [6.07, 6.45) is 2.82. The molecule has 140 valence electrons. The number of rotatable bonds is 3. The highest BCUT2D eigenvalue weighted by Crippen LogP contribution is 2.29. The number of sulfonamides is 1. The predicted molar refractivity (Wildman–Crippen MR) is 106 cm³/mol. The second-order valence-corrected chi connectivity index (χ2v) is 9.50. The predicted octanol–water partition coefficient (Wildman–Crippen LogP) is 0.658. The van der Waals surface area contributed by atoms with Crippen molar-refractivity contribution in [2.24, 2.45) is 0 Å². The van der Waals surface area contributed by atoms with Crippen molar-refractivity contribution < 1.29 is 13.4 Å². The lowest BCUT2D eigenvalue weighted by molar-refractivity contribution is -0.528. The SMILES string of the molecule is CC(C)=CC1C2[NH+]=c3ccccc3=C2CCN1S(=O)(=O)c1ccc(C)cc1.